The van der Waals surface area contributed by atoms with Crippen molar-refractivity contribution in [3.8, 4) is 0 Å². The van der Waals surface area contributed by atoms with Gasteiger partial charge in [-0.2, -0.15) is 0 Å². The third-order valence-corrected chi connectivity index (χ3v) is 3.75. The molecule has 0 heterocycles. The molecule has 0 amide bonds. The Morgan fingerprint density at radius 1 is 1.46 bits per heavy atom. The van der Waals surface area contributed by atoms with Crippen molar-refractivity contribution in [1.82, 2.24) is 4.72 Å². The van der Waals surface area contributed by atoms with Crippen molar-refractivity contribution in [2.75, 3.05) is 12.3 Å². The molecular formula is C7H17ClN2O2S. The number of rotatable bonds is 4. The Morgan fingerprint density at radius 2 is 2.00 bits per heavy atom. The summed E-state index contributed by atoms with van der Waals surface area (Å²) in [6.07, 6.45) is 1.80. The van der Waals surface area contributed by atoms with E-state index in [9.17, 15) is 8.42 Å². The number of hydrogen-bond acceptors (Lipinski definition) is 3. The minimum Gasteiger partial charge on any atom is -0.330 e. The molecule has 0 spiro atoms. The van der Waals surface area contributed by atoms with Crippen LogP contribution >= 0.6 is 12.4 Å². The van der Waals surface area contributed by atoms with Crippen molar-refractivity contribution in [1.29, 1.82) is 0 Å². The van der Waals surface area contributed by atoms with E-state index in [4.69, 9.17) is 5.73 Å². The second-order valence-corrected chi connectivity index (χ2v) is 5.33. The highest BCUT2D eigenvalue weighted by atomic mass is 35.5. The molecule has 0 aromatic heterocycles. The Morgan fingerprint density at radius 3 is 2.38 bits per heavy atom. The summed E-state index contributed by atoms with van der Waals surface area (Å²) in [7, 11) is -3.00. The third kappa shape index (κ3) is 3.81. The van der Waals surface area contributed by atoms with Crippen molar-refractivity contribution in [3.05, 3.63) is 0 Å². The topological polar surface area (TPSA) is 72.2 Å². The Balaban J connectivity index is 0.00000144. The van der Waals surface area contributed by atoms with Gasteiger partial charge in [-0.1, -0.05) is 0 Å². The molecule has 0 aliphatic heterocycles. The molecular weight excluding hydrogens is 212 g/mol. The van der Waals surface area contributed by atoms with Crippen LogP contribution in [0.3, 0.4) is 0 Å². The van der Waals surface area contributed by atoms with Gasteiger partial charge in [-0.15, -0.1) is 12.4 Å². The highest BCUT2D eigenvalue weighted by Crippen LogP contribution is 2.26. The summed E-state index contributed by atoms with van der Waals surface area (Å²) < 4.78 is 24.7. The van der Waals surface area contributed by atoms with Crippen LogP contribution in [0.15, 0.2) is 0 Å². The average molecular weight is 229 g/mol. The second-order valence-electron chi connectivity index (χ2n) is 3.29. The first kappa shape index (κ1) is 13.2. The first-order valence-corrected chi connectivity index (χ1v) is 5.92. The smallest absolute Gasteiger partial charge is 0.211 e. The quantitative estimate of drug-likeness (QED) is 0.716. The fourth-order valence-electron chi connectivity index (χ4n) is 1.36. The van der Waals surface area contributed by atoms with Crippen LogP contribution in [0.2, 0.25) is 0 Å². The lowest BCUT2D eigenvalue weighted by Crippen LogP contribution is -2.46. The van der Waals surface area contributed by atoms with E-state index >= 15 is 0 Å². The molecule has 0 bridgehead atoms. The lowest BCUT2D eigenvalue weighted by Gasteiger charge is -2.34. The molecule has 3 N–H and O–H groups in total. The number of nitrogens with two attached hydrogens (primary N) is 1. The number of sulfonamides is 1. The van der Waals surface area contributed by atoms with Crippen molar-refractivity contribution >= 4 is 22.4 Å². The van der Waals surface area contributed by atoms with Crippen LogP contribution < -0.4 is 10.5 Å². The van der Waals surface area contributed by atoms with Gasteiger partial charge in [-0.05, 0) is 32.2 Å². The zero-order valence-electron chi connectivity index (χ0n) is 7.69. The molecule has 1 rings (SSSR count). The number of hydrogen-bond donors (Lipinski definition) is 2. The average Bonchev–Trinajstić information content (AvgIpc) is 1.96. The van der Waals surface area contributed by atoms with Crippen molar-refractivity contribution < 1.29 is 8.42 Å². The van der Waals surface area contributed by atoms with E-state index in [1.54, 1.807) is 6.92 Å². The fourth-order valence-corrected chi connectivity index (χ4v) is 2.23. The van der Waals surface area contributed by atoms with Crippen molar-refractivity contribution in [2.24, 2.45) is 11.7 Å². The van der Waals surface area contributed by atoms with Crippen LogP contribution in [0, 0.1) is 5.92 Å². The summed E-state index contributed by atoms with van der Waals surface area (Å²) in [6, 6.07) is 0.142. The zero-order chi connectivity index (χ0) is 9.19. The Kier molecular flexibility index (Phi) is 5.21. The largest absolute Gasteiger partial charge is 0.330 e. The molecule has 0 radical (unpaired) electrons. The summed E-state index contributed by atoms with van der Waals surface area (Å²) in [5.74, 6) is 0.686. The molecule has 0 aromatic carbocycles. The van der Waals surface area contributed by atoms with Gasteiger partial charge in [0.25, 0.3) is 0 Å². The minimum absolute atomic E-state index is 0. The Labute approximate surface area is 85.7 Å². The van der Waals surface area contributed by atoms with Gasteiger partial charge in [0.2, 0.25) is 10.0 Å². The fraction of sp³-hybridized carbons (Fsp3) is 1.00. The summed E-state index contributed by atoms with van der Waals surface area (Å²) in [5, 5.41) is 0. The van der Waals surface area contributed by atoms with Gasteiger partial charge in [0.1, 0.15) is 0 Å². The molecule has 0 aromatic rings. The van der Waals surface area contributed by atoms with E-state index in [1.165, 1.54) is 0 Å². The van der Waals surface area contributed by atoms with Gasteiger partial charge in [0, 0.05) is 6.04 Å². The molecule has 1 fully saturated rings. The summed E-state index contributed by atoms with van der Waals surface area (Å²) in [5.41, 5.74) is 5.42. The molecule has 80 valence electrons. The molecule has 1 aliphatic rings. The molecule has 0 unspecified atom stereocenters. The van der Waals surface area contributed by atoms with E-state index in [2.05, 4.69) is 4.72 Å². The maximum Gasteiger partial charge on any atom is 0.211 e. The SMILES string of the molecule is CCS(=O)(=O)NC1CC(CN)C1.Cl. The summed E-state index contributed by atoms with van der Waals surface area (Å²) in [6.45, 7) is 2.31. The van der Waals surface area contributed by atoms with Crippen LogP contribution in [0.1, 0.15) is 19.8 Å². The molecule has 0 atom stereocenters. The second kappa shape index (κ2) is 5.14. The van der Waals surface area contributed by atoms with E-state index in [0.29, 0.717) is 12.5 Å². The predicted octanol–water partition coefficient (Wildman–Crippen LogP) is 0.0848. The first-order valence-electron chi connectivity index (χ1n) is 4.27. The standard InChI is InChI=1S/C7H16N2O2S.ClH/c1-2-12(10,11)9-7-3-6(4-7)5-8;/h6-7,9H,2-5,8H2,1H3;1H. The van der Waals surface area contributed by atoms with Crippen molar-refractivity contribution in [3.63, 3.8) is 0 Å². The van der Waals surface area contributed by atoms with Gasteiger partial charge in [0.05, 0.1) is 5.75 Å². The highest BCUT2D eigenvalue weighted by molar-refractivity contribution is 7.89. The normalized spacial score (nSPS) is 27.5. The van der Waals surface area contributed by atoms with Gasteiger partial charge in [-0.25, -0.2) is 13.1 Å². The van der Waals surface area contributed by atoms with Crippen LogP contribution in [0.25, 0.3) is 0 Å². The van der Waals surface area contributed by atoms with Crippen LogP contribution in [-0.4, -0.2) is 26.8 Å². The Bertz CT molecular complexity index is 237. The molecule has 1 aliphatic carbocycles. The summed E-state index contributed by atoms with van der Waals surface area (Å²) in [4.78, 5) is 0. The third-order valence-electron chi connectivity index (χ3n) is 2.30. The van der Waals surface area contributed by atoms with Crippen LogP contribution in [0.4, 0.5) is 0 Å². The first-order chi connectivity index (χ1) is 5.57. The van der Waals surface area contributed by atoms with E-state index in [1.807, 2.05) is 0 Å². The van der Waals surface area contributed by atoms with Crippen molar-refractivity contribution in [2.45, 2.75) is 25.8 Å². The molecule has 0 saturated heterocycles. The molecule has 13 heavy (non-hydrogen) atoms. The maximum absolute atomic E-state index is 11.1. The van der Waals surface area contributed by atoms with E-state index in [-0.39, 0.29) is 24.2 Å². The van der Waals surface area contributed by atoms with Gasteiger partial charge in [-0.3, -0.25) is 0 Å². The lowest BCUT2D eigenvalue weighted by atomic mass is 9.81. The van der Waals surface area contributed by atoms with E-state index in [0.717, 1.165) is 12.8 Å². The number of halogens is 1. The monoisotopic (exact) mass is 228 g/mol. The molecule has 4 nitrogen and oxygen atoms in total. The minimum atomic E-state index is -3.00. The summed E-state index contributed by atoms with van der Waals surface area (Å²) >= 11 is 0. The molecule has 1 saturated carbocycles. The van der Waals surface area contributed by atoms with Crippen LogP contribution in [-0.2, 0) is 10.0 Å². The lowest BCUT2D eigenvalue weighted by molar-refractivity contribution is 0.256. The highest BCUT2D eigenvalue weighted by Gasteiger charge is 2.30. The number of nitrogens with one attached hydrogen (secondary N) is 1. The maximum atomic E-state index is 11.1. The predicted molar refractivity (Wildman–Crippen MR) is 55.4 cm³/mol. The van der Waals surface area contributed by atoms with Gasteiger partial charge in [0.15, 0.2) is 0 Å². The Hall–Kier alpha value is 0.160. The van der Waals surface area contributed by atoms with Gasteiger partial charge >= 0.3 is 0 Å². The molecule has 6 heteroatoms. The van der Waals surface area contributed by atoms with Crippen LogP contribution in [0.5, 0.6) is 0 Å². The van der Waals surface area contributed by atoms with E-state index < -0.39 is 10.0 Å². The van der Waals surface area contributed by atoms with Gasteiger partial charge < -0.3 is 5.73 Å². The zero-order valence-corrected chi connectivity index (χ0v) is 9.33.